The molecule has 1 aromatic carbocycles. The number of carbonyl (C=O) groups is 2. The Labute approximate surface area is 127 Å². The predicted molar refractivity (Wildman–Crippen MR) is 78.6 cm³/mol. The van der Waals surface area contributed by atoms with Crippen molar-refractivity contribution in [2.24, 2.45) is 11.1 Å². The normalized spacial score (nSPS) is 17.2. The summed E-state index contributed by atoms with van der Waals surface area (Å²) in [5, 5.41) is 11.8. The van der Waals surface area contributed by atoms with E-state index in [0.29, 0.717) is 31.7 Å². The van der Waals surface area contributed by atoms with Crippen molar-refractivity contribution < 1.29 is 19.4 Å². The summed E-state index contributed by atoms with van der Waals surface area (Å²) in [5.74, 6) is -1.30. The van der Waals surface area contributed by atoms with Gasteiger partial charge in [-0.1, -0.05) is 11.6 Å². The fourth-order valence-corrected chi connectivity index (χ4v) is 2.58. The highest BCUT2D eigenvalue weighted by atomic mass is 35.5. The first-order valence-corrected chi connectivity index (χ1v) is 6.98. The molecule has 21 heavy (non-hydrogen) atoms. The molecule has 0 unspecified atom stereocenters. The van der Waals surface area contributed by atoms with E-state index in [1.54, 1.807) is 0 Å². The SMILES string of the molecule is NCC1(C(=O)Nc2ccc(C(=O)O)c(Cl)c2)CCOCC1. The van der Waals surface area contributed by atoms with Crippen LogP contribution < -0.4 is 11.1 Å². The summed E-state index contributed by atoms with van der Waals surface area (Å²) in [6.45, 7) is 1.25. The van der Waals surface area contributed by atoms with Crippen LogP contribution in [0.5, 0.6) is 0 Å². The molecule has 114 valence electrons. The Balaban J connectivity index is 2.15. The van der Waals surface area contributed by atoms with Crippen molar-refractivity contribution in [3.63, 3.8) is 0 Å². The Morgan fingerprint density at radius 2 is 2.05 bits per heavy atom. The largest absolute Gasteiger partial charge is 0.478 e. The zero-order chi connectivity index (χ0) is 15.5. The van der Waals surface area contributed by atoms with Gasteiger partial charge in [0.05, 0.1) is 16.0 Å². The molecule has 0 radical (unpaired) electrons. The van der Waals surface area contributed by atoms with Crippen LogP contribution in [0.3, 0.4) is 0 Å². The maximum Gasteiger partial charge on any atom is 0.337 e. The Morgan fingerprint density at radius 1 is 1.38 bits per heavy atom. The summed E-state index contributed by atoms with van der Waals surface area (Å²) in [5.41, 5.74) is 5.57. The van der Waals surface area contributed by atoms with Crippen molar-refractivity contribution in [2.45, 2.75) is 12.8 Å². The van der Waals surface area contributed by atoms with Crippen LogP contribution in [0.2, 0.25) is 5.02 Å². The summed E-state index contributed by atoms with van der Waals surface area (Å²) in [4.78, 5) is 23.3. The number of ether oxygens (including phenoxy) is 1. The van der Waals surface area contributed by atoms with Crippen LogP contribution in [0.1, 0.15) is 23.2 Å². The molecule has 6 nitrogen and oxygen atoms in total. The van der Waals surface area contributed by atoms with E-state index in [2.05, 4.69) is 5.32 Å². The van der Waals surface area contributed by atoms with Gasteiger partial charge < -0.3 is 20.9 Å². The molecule has 1 aromatic rings. The number of aromatic carboxylic acids is 1. The standard InChI is InChI=1S/C14H17ClN2O4/c15-11-7-9(1-2-10(11)12(18)19)17-13(20)14(8-16)3-5-21-6-4-14/h1-2,7H,3-6,8,16H2,(H,17,20)(H,18,19). The van der Waals surface area contributed by atoms with Crippen LogP contribution in [-0.4, -0.2) is 36.7 Å². The number of carboxylic acids is 1. The average molecular weight is 313 g/mol. The lowest BCUT2D eigenvalue weighted by Crippen LogP contribution is -2.46. The third-order valence-electron chi connectivity index (χ3n) is 3.78. The highest BCUT2D eigenvalue weighted by molar-refractivity contribution is 6.33. The van der Waals surface area contributed by atoms with Crippen LogP contribution in [-0.2, 0) is 9.53 Å². The molecule has 7 heteroatoms. The van der Waals surface area contributed by atoms with Gasteiger partial charge in [0.15, 0.2) is 0 Å². The maximum atomic E-state index is 12.4. The fraction of sp³-hybridized carbons (Fsp3) is 0.429. The third kappa shape index (κ3) is 3.34. The monoisotopic (exact) mass is 312 g/mol. The van der Waals surface area contributed by atoms with E-state index in [1.807, 2.05) is 0 Å². The van der Waals surface area contributed by atoms with Crippen LogP contribution in [0.25, 0.3) is 0 Å². The van der Waals surface area contributed by atoms with Crippen molar-refractivity contribution in [3.8, 4) is 0 Å². The molecule has 1 aliphatic rings. The van der Waals surface area contributed by atoms with E-state index >= 15 is 0 Å². The van der Waals surface area contributed by atoms with E-state index in [1.165, 1.54) is 18.2 Å². The van der Waals surface area contributed by atoms with Crippen molar-refractivity contribution in [1.82, 2.24) is 0 Å². The van der Waals surface area contributed by atoms with Gasteiger partial charge in [-0.25, -0.2) is 4.79 Å². The summed E-state index contributed by atoms with van der Waals surface area (Å²) in [6.07, 6.45) is 1.13. The van der Waals surface area contributed by atoms with Crippen LogP contribution in [0, 0.1) is 5.41 Å². The number of amides is 1. The lowest BCUT2D eigenvalue weighted by molar-refractivity contribution is -0.130. The Kier molecular flexibility index (Phi) is 4.82. The molecule has 1 saturated heterocycles. The minimum Gasteiger partial charge on any atom is -0.478 e. The highest BCUT2D eigenvalue weighted by Crippen LogP contribution is 2.31. The quantitative estimate of drug-likeness (QED) is 0.786. The van der Waals surface area contributed by atoms with Gasteiger partial charge >= 0.3 is 5.97 Å². The van der Waals surface area contributed by atoms with Crippen molar-refractivity contribution in [2.75, 3.05) is 25.1 Å². The molecule has 0 atom stereocenters. The lowest BCUT2D eigenvalue weighted by atomic mass is 9.79. The number of carboxylic acid groups (broad SMARTS) is 1. The summed E-state index contributed by atoms with van der Waals surface area (Å²) in [6, 6.07) is 4.29. The number of hydrogen-bond acceptors (Lipinski definition) is 4. The van der Waals surface area contributed by atoms with Crippen LogP contribution >= 0.6 is 11.6 Å². The fourth-order valence-electron chi connectivity index (χ4n) is 2.32. The number of carbonyl (C=O) groups excluding carboxylic acids is 1. The van der Waals surface area contributed by atoms with Crippen molar-refractivity contribution in [3.05, 3.63) is 28.8 Å². The molecule has 0 spiro atoms. The molecular weight excluding hydrogens is 296 g/mol. The zero-order valence-electron chi connectivity index (χ0n) is 11.4. The van der Waals surface area contributed by atoms with Gasteiger partial charge in [-0.05, 0) is 31.0 Å². The van der Waals surface area contributed by atoms with Crippen molar-refractivity contribution >= 4 is 29.2 Å². The van der Waals surface area contributed by atoms with Gasteiger partial charge in [0.25, 0.3) is 0 Å². The Hall–Kier alpha value is -1.63. The molecule has 1 aliphatic heterocycles. The van der Waals surface area contributed by atoms with Gasteiger partial charge in [-0.2, -0.15) is 0 Å². The van der Waals surface area contributed by atoms with E-state index in [0.717, 1.165) is 0 Å². The number of rotatable bonds is 4. The first kappa shape index (κ1) is 15.8. The number of halogens is 1. The average Bonchev–Trinajstić information content (AvgIpc) is 2.47. The highest BCUT2D eigenvalue weighted by Gasteiger charge is 2.38. The van der Waals surface area contributed by atoms with Gasteiger partial charge in [-0.3, -0.25) is 4.79 Å². The topological polar surface area (TPSA) is 102 Å². The second-order valence-electron chi connectivity index (χ2n) is 5.05. The van der Waals surface area contributed by atoms with E-state index in [4.69, 9.17) is 27.2 Å². The molecule has 0 bridgehead atoms. The van der Waals surface area contributed by atoms with Crippen LogP contribution in [0.4, 0.5) is 5.69 Å². The molecule has 0 aliphatic carbocycles. The zero-order valence-corrected chi connectivity index (χ0v) is 12.2. The number of anilines is 1. The molecular formula is C14H17ClN2O4. The smallest absolute Gasteiger partial charge is 0.337 e. The van der Waals surface area contributed by atoms with Crippen LogP contribution in [0.15, 0.2) is 18.2 Å². The molecule has 2 rings (SSSR count). The van der Waals surface area contributed by atoms with Gasteiger partial charge in [0.1, 0.15) is 0 Å². The number of nitrogens with two attached hydrogens (primary N) is 1. The van der Waals surface area contributed by atoms with E-state index in [9.17, 15) is 9.59 Å². The molecule has 1 fully saturated rings. The predicted octanol–water partition coefficient (Wildman–Crippen LogP) is 1.73. The summed E-state index contributed by atoms with van der Waals surface area (Å²) in [7, 11) is 0. The lowest BCUT2D eigenvalue weighted by Gasteiger charge is -2.34. The molecule has 0 aromatic heterocycles. The summed E-state index contributed by atoms with van der Waals surface area (Å²) >= 11 is 5.89. The Morgan fingerprint density at radius 3 is 2.57 bits per heavy atom. The molecule has 4 N–H and O–H groups in total. The number of hydrogen-bond donors (Lipinski definition) is 3. The summed E-state index contributed by atoms with van der Waals surface area (Å²) < 4.78 is 5.27. The number of nitrogens with one attached hydrogen (secondary N) is 1. The van der Waals surface area contributed by atoms with Crippen molar-refractivity contribution in [1.29, 1.82) is 0 Å². The van der Waals surface area contributed by atoms with E-state index in [-0.39, 0.29) is 23.0 Å². The van der Waals surface area contributed by atoms with E-state index < -0.39 is 11.4 Å². The number of benzene rings is 1. The first-order valence-electron chi connectivity index (χ1n) is 6.61. The minimum absolute atomic E-state index is 0.00531. The third-order valence-corrected chi connectivity index (χ3v) is 4.09. The minimum atomic E-state index is -1.11. The first-order chi connectivity index (χ1) is 9.98. The Bertz CT molecular complexity index is 556. The molecule has 1 amide bonds. The van der Waals surface area contributed by atoms with Gasteiger partial charge in [-0.15, -0.1) is 0 Å². The maximum absolute atomic E-state index is 12.4. The second-order valence-corrected chi connectivity index (χ2v) is 5.46. The molecule has 1 heterocycles. The van der Waals surface area contributed by atoms with Gasteiger partial charge in [0, 0.05) is 25.4 Å². The second kappa shape index (κ2) is 6.43. The van der Waals surface area contributed by atoms with Gasteiger partial charge in [0.2, 0.25) is 5.91 Å². The molecule has 0 saturated carbocycles.